The Hall–Kier alpha value is -1.89. The maximum atomic E-state index is 11.9. The van der Waals surface area contributed by atoms with Crippen LogP contribution in [0.15, 0.2) is 41.4 Å². The number of amides is 1. The van der Waals surface area contributed by atoms with Gasteiger partial charge in [0.15, 0.2) is 0 Å². The lowest BCUT2D eigenvalue weighted by Crippen LogP contribution is -2.34. The zero-order valence-corrected chi connectivity index (χ0v) is 12.7. The highest BCUT2D eigenvalue weighted by Gasteiger charge is 2.14. The summed E-state index contributed by atoms with van der Waals surface area (Å²) in [5, 5.41) is 10.0. The van der Waals surface area contributed by atoms with E-state index in [1.165, 1.54) is 17.3 Å². The van der Waals surface area contributed by atoms with E-state index < -0.39 is 0 Å². The molecule has 20 heavy (non-hydrogen) atoms. The molecular weight excluding hydrogens is 322 g/mol. The molecule has 2 rings (SSSR count). The van der Waals surface area contributed by atoms with Gasteiger partial charge < -0.3 is 10.6 Å². The molecule has 0 aliphatic rings. The van der Waals surface area contributed by atoms with Crippen molar-refractivity contribution in [2.45, 2.75) is 13.0 Å². The van der Waals surface area contributed by atoms with Crippen molar-refractivity contribution in [3.63, 3.8) is 0 Å². The van der Waals surface area contributed by atoms with Gasteiger partial charge >= 0.3 is 0 Å². The van der Waals surface area contributed by atoms with Crippen LogP contribution < -0.4 is 10.6 Å². The Kier molecular flexibility index (Phi) is 5.11. The lowest BCUT2D eigenvalue weighted by Gasteiger charge is -2.12. The van der Waals surface area contributed by atoms with E-state index in [0.717, 1.165) is 10.2 Å². The van der Waals surface area contributed by atoms with Crippen LogP contribution >= 0.6 is 15.9 Å². The second kappa shape index (κ2) is 7.04. The SMILES string of the molecule is CC(C(=O)NCCNc1cccc(Br)c1)n1cncn1. The van der Waals surface area contributed by atoms with Crippen LogP contribution in [0.1, 0.15) is 13.0 Å². The summed E-state index contributed by atoms with van der Waals surface area (Å²) in [5.41, 5.74) is 1.01. The summed E-state index contributed by atoms with van der Waals surface area (Å²) in [6.45, 7) is 2.99. The summed E-state index contributed by atoms with van der Waals surface area (Å²) in [4.78, 5) is 15.7. The number of rotatable bonds is 6. The molecule has 7 heteroatoms. The first kappa shape index (κ1) is 14.5. The van der Waals surface area contributed by atoms with Crippen LogP contribution in [-0.2, 0) is 4.79 Å². The van der Waals surface area contributed by atoms with Crippen molar-refractivity contribution >= 4 is 27.5 Å². The van der Waals surface area contributed by atoms with Crippen molar-refractivity contribution in [3.05, 3.63) is 41.4 Å². The van der Waals surface area contributed by atoms with Crippen LogP contribution in [0, 0.1) is 0 Å². The number of nitrogens with one attached hydrogen (secondary N) is 2. The van der Waals surface area contributed by atoms with Gasteiger partial charge in [-0.05, 0) is 25.1 Å². The Balaban J connectivity index is 1.72. The molecule has 1 heterocycles. The van der Waals surface area contributed by atoms with Crippen LogP contribution in [0.3, 0.4) is 0 Å². The zero-order chi connectivity index (χ0) is 14.4. The van der Waals surface area contributed by atoms with E-state index in [1.807, 2.05) is 24.3 Å². The predicted molar refractivity (Wildman–Crippen MR) is 80.4 cm³/mol. The second-order valence-corrected chi connectivity index (χ2v) is 5.20. The highest BCUT2D eigenvalue weighted by Crippen LogP contribution is 2.15. The monoisotopic (exact) mass is 337 g/mol. The van der Waals surface area contributed by atoms with E-state index in [0.29, 0.717) is 13.1 Å². The van der Waals surface area contributed by atoms with Gasteiger partial charge in [0.1, 0.15) is 18.7 Å². The van der Waals surface area contributed by atoms with E-state index in [1.54, 1.807) is 6.92 Å². The number of hydrogen-bond donors (Lipinski definition) is 2. The Bertz CT molecular complexity index is 558. The second-order valence-electron chi connectivity index (χ2n) is 4.28. The van der Waals surface area contributed by atoms with Crippen molar-refractivity contribution in [1.29, 1.82) is 0 Å². The summed E-state index contributed by atoms with van der Waals surface area (Å²) < 4.78 is 2.54. The van der Waals surface area contributed by atoms with Gasteiger partial charge in [-0.3, -0.25) is 4.79 Å². The molecule has 2 N–H and O–H groups in total. The van der Waals surface area contributed by atoms with Crippen molar-refractivity contribution in [2.75, 3.05) is 18.4 Å². The number of benzene rings is 1. The van der Waals surface area contributed by atoms with Gasteiger partial charge in [-0.2, -0.15) is 5.10 Å². The minimum atomic E-state index is -0.358. The molecular formula is C13H16BrN5O. The standard InChI is InChI=1S/C13H16BrN5O/c1-10(19-9-15-8-18-19)13(20)17-6-5-16-12-4-2-3-11(14)7-12/h2-4,7-10,16H,5-6H2,1H3,(H,17,20). The maximum Gasteiger partial charge on any atom is 0.244 e. The first-order chi connectivity index (χ1) is 9.66. The number of anilines is 1. The van der Waals surface area contributed by atoms with Gasteiger partial charge in [0, 0.05) is 23.2 Å². The third-order valence-electron chi connectivity index (χ3n) is 2.79. The Morgan fingerprint density at radius 1 is 1.45 bits per heavy atom. The number of halogens is 1. The topological polar surface area (TPSA) is 71.8 Å². The summed E-state index contributed by atoms with van der Waals surface area (Å²) in [5.74, 6) is -0.0773. The minimum absolute atomic E-state index is 0.0773. The average molecular weight is 338 g/mol. The summed E-state index contributed by atoms with van der Waals surface area (Å²) in [6, 6.07) is 7.53. The summed E-state index contributed by atoms with van der Waals surface area (Å²) in [6.07, 6.45) is 2.95. The zero-order valence-electron chi connectivity index (χ0n) is 11.1. The lowest BCUT2D eigenvalue weighted by molar-refractivity contribution is -0.124. The van der Waals surface area contributed by atoms with Crippen LogP contribution in [0.5, 0.6) is 0 Å². The van der Waals surface area contributed by atoms with Gasteiger partial charge in [-0.1, -0.05) is 22.0 Å². The van der Waals surface area contributed by atoms with Gasteiger partial charge in [-0.15, -0.1) is 0 Å². The smallest absolute Gasteiger partial charge is 0.244 e. The van der Waals surface area contributed by atoms with E-state index in [9.17, 15) is 4.79 Å². The van der Waals surface area contributed by atoms with Gasteiger partial charge in [-0.25, -0.2) is 9.67 Å². The molecule has 0 fully saturated rings. The molecule has 0 aliphatic heterocycles. The summed E-state index contributed by atoms with van der Waals surface area (Å²) in [7, 11) is 0. The van der Waals surface area contributed by atoms with Gasteiger partial charge in [0.05, 0.1) is 0 Å². The molecule has 1 unspecified atom stereocenters. The Morgan fingerprint density at radius 3 is 3.00 bits per heavy atom. The fraction of sp³-hybridized carbons (Fsp3) is 0.308. The highest BCUT2D eigenvalue weighted by atomic mass is 79.9. The number of carbonyl (C=O) groups is 1. The lowest BCUT2D eigenvalue weighted by atomic mass is 10.3. The molecule has 0 spiro atoms. The maximum absolute atomic E-state index is 11.9. The molecule has 0 saturated heterocycles. The molecule has 0 saturated carbocycles. The van der Waals surface area contributed by atoms with Crippen molar-refractivity contribution in [1.82, 2.24) is 20.1 Å². The molecule has 2 aromatic rings. The average Bonchev–Trinajstić information content (AvgIpc) is 2.96. The van der Waals surface area contributed by atoms with E-state index in [4.69, 9.17) is 0 Å². The molecule has 0 radical (unpaired) electrons. The Morgan fingerprint density at radius 2 is 2.30 bits per heavy atom. The first-order valence-corrected chi connectivity index (χ1v) is 7.07. The molecule has 1 aromatic heterocycles. The van der Waals surface area contributed by atoms with E-state index in [2.05, 4.69) is 36.6 Å². The van der Waals surface area contributed by atoms with Crippen molar-refractivity contribution < 1.29 is 4.79 Å². The van der Waals surface area contributed by atoms with Crippen molar-refractivity contribution in [2.24, 2.45) is 0 Å². The fourth-order valence-corrected chi connectivity index (χ4v) is 2.08. The summed E-state index contributed by atoms with van der Waals surface area (Å²) >= 11 is 3.41. The largest absolute Gasteiger partial charge is 0.383 e. The fourth-order valence-electron chi connectivity index (χ4n) is 1.68. The predicted octanol–water partition coefficient (Wildman–Crippen LogP) is 1.83. The van der Waals surface area contributed by atoms with Gasteiger partial charge in [0.2, 0.25) is 5.91 Å². The van der Waals surface area contributed by atoms with Crippen LogP contribution in [0.2, 0.25) is 0 Å². The third-order valence-corrected chi connectivity index (χ3v) is 3.28. The minimum Gasteiger partial charge on any atom is -0.383 e. The molecule has 1 amide bonds. The van der Waals surface area contributed by atoms with E-state index in [-0.39, 0.29) is 11.9 Å². The number of carbonyl (C=O) groups excluding carboxylic acids is 1. The van der Waals surface area contributed by atoms with E-state index >= 15 is 0 Å². The molecule has 6 nitrogen and oxygen atoms in total. The molecule has 1 atom stereocenters. The first-order valence-electron chi connectivity index (χ1n) is 6.28. The number of aromatic nitrogens is 3. The van der Waals surface area contributed by atoms with Crippen LogP contribution in [-0.4, -0.2) is 33.8 Å². The van der Waals surface area contributed by atoms with Gasteiger partial charge in [0.25, 0.3) is 0 Å². The quantitative estimate of drug-likeness (QED) is 0.789. The normalized spacial score (nSPS) is 11.9. The number of nitrogens with zero attached hydrogens (tertiary/aromatic N) is 3. The third kappa shape index (κ3) is 4.06. The molecule has 0 aliphatic carbocycles. The molecule has 1 aromatic carbocycles. The van der Waals surface area contributed by atoms with Crippen LogP contribution in [0.25, 0.3) is 0 Å². The highest BCUT2D eigenvalue weighted by molar-refractivity contribution is 9.10. The van der Waals surface area contributed by atoms with Crippen LogP contribution in [0.4, 0.5) is 5.69 Å². The Labute approximate surface area is 125 Å². The molecule has 0 bridgehead atoms. The molecule has 106 valence electrons. The van der Waals surface area contributed by atoms with Crippen molar-refractivity contribution in [3.8, 4) is 0 Å². The number of hydrogen-bond acceptors (Lipinski definition) is 4.